The summed E-state index contributed by atoms with van der Waals surface area (Å²) in [5.74, 6) is -1.94. The SMILES string of the molecule is COc1ccc(C(=O)NCC(=O)OCC(=O)c2ccc(OC)c(F)c2)cc1. The van der Waals surface area contributed by atoms with Gasteiger partial charge in [-0.15, -0.1) is 0 Å². The number of carbonyl (C=O) groups is 3. The summed E-state index contributed by atoms with van der Waals surface area (Å²) >= 11 is 0. The molecule has 2 aromatic carbocycles. The van der Waals surface area contributed by atoms with Crippen molar-refractivity contribution in [3.05, 3.63) is 59.4 Å². The van der Waals surface area contributed by atoms with Crippen molar-refractivity contribution in [2.24, 2.45) is 0 Å². The summed E-state index contributed by atoms with van der Waals surface area (Å²) in [7, 11) is 2.81. The maximum atomic E-state index is 13.6. The Morgan fingerprint density at radius 1 is 0.963 bits per heavy atom. The number of methoxy groups -OCH3 is 2. The highest BCUT2D eigenvalue weighted by atomic mass is 19.1. The van der Waals surface area contributed by atoms with Gasteiger partial charge in [0.15, 0.2) is 24.0 Å². The third-order valence-corrected chi connectivity index (χ3v) is 3.58. The minimum Gasteiger partial charge on any atom is -0.497 e. The van der Waals surface area contributed by atoms with Crippen LogP contribution in [0, 0.1) is 5.82 Å². The van der Waals surface area contributed by atoms with Gasteiger partial charge in [0.05, 0.1) is 14.2 Å². The Morgan fingerprint density at radius 2 is 1.63 bits per heavy atom. The summed E-state index contributed by atoms with van der Waals surface area (Å²) in [4.78, 5) is 35.5. The first-order chi connectivity index (χ1) is 12.9. The molecule has 0 atom stereocenters. The molecule has 0 saturated carbocycles. The maximum absolute atomic E-state index is 13.6. The van der Waals surface area contributed by atoms with Gasteiger partial charge in [0.1, 0.15) is 12.3 Å². The molecule has 2 rings (SSSR count). The average Bonchev–Trinajstić information content (AvgIpc) is 2.70. The van der Waals surface area contributed by atoms with Crippen molar-refractivity contribution in [1.29, 1.82) is 0 Å². The van der Waals surface area contributed by atoms with Crippen LogP contribution in [0.5, 0.6) is 11.5 Å². The smallest absolute Gasteiger partial charge is 0.325 e. The van der Waals surface area contributed by atoms with E-state index in [1.165, 1.54) is 26.4 Å². The van der Waals surface area contributed by atoms with Crippen molar-refractivity contribution in [2.75, 3.05) is 27.4 Å². The summed E-state index contributed by atoms with van der Waals surface area (Å²) in [6.45, 7) is -0.974. The van der Waals surface area contributed by atoms with E-state index in [2.05, 4.69) is 5.32 Å². The van der Waals surface area contributed by atoms with Crippen molar-refractivity contribution >= 4 is 17.7 Å². The fraction of sp³-hybridized carbons (Fsp3) is 0.211. The molecule has 0 aromatic heterocycles. The van der Waals surface area contributed by atoms with E-state index >= 15 is 0 Å². The van der Waals surface area contributed by atoms with Crippen LogP contribution in [0.1, 0.15) is 20.7 Å². The normalized spacial score (nSPS) is 10.0. The molecule has 0 radical (unpaired) electrons. The Kier molecular flexibility index (Phi) is 6.87. The van der Waals surface area contributed by atoms with Crippen molar-refractivity contribution in [1.82, 2.24) is 5.32 Å². The quantitative estimate of drug-likeness (QED) is 0.561. The molecule has 0 saturated heterocycles. The van der Waals surface area contributed by atoms with E-state index < -0.39 is 36.6 Å². The Balaban J connectivity index is 1.80. The molecule has 0 aliphatic carbocycles. The monoisotopic (exact) mass is 375 g/mol. The van der Waals surface area contributed by atoms with Crippen LogP contribution in [0.3, 0.4) is 0 Å². The number of carbonyl (C=O) groups excluding carboxylic acids is 3. The summed E-state index contributed by atoms with van der Waals surface area (Å²) in [5.41, 5.74) is 0.386. The zero-order chi connectivity index (χ0) is 19.8. The molecule has 1 amide bonds. The minimum absolute atomic E-state index is 0.00443. The first-order valence-electron chi connectivity index (χ1n) is 7.89. The number of hydrogen-bond acceptors (Lipinski definition) is 6. The highest BCUT2D eigenvalue weighted by Gasteiger charge is 2.14. The highest BCUT2D eigenvalue weighted by Crippen LogP contribution is 2.18. The van der Waals surface area contributed by atoms with Crippen LogP contribution in [0.15, 0.2) is 42.5 Å². The van der Waals surface area contributed by atoms with Gasteiger partial charge in [0.2, 0.25) is 0 Å². The number of ketones is 1. The van der Waals surface area contributed by atoms with Gasteiger partial charge in [-0.05, 0) is 42.5 Å². The molecule has 0 unspecified atom stereocenters. The molecule has 0 fully saturated rings. The number of Topliss-reactive ketones (excluding diaryl/α,β-unsaturated/α-hetero) is 1. The molecule has 27 heavy (non-hydrogen) atoms. The number of nitrogens with one attached hydrogen (secondary N) is 1. The Morgan fingerprint density at radius 3 is 2.22 bits per heavy atom. The zero-order valence-electron chi connectivity index (χ0n) is 14.8. The van der Waals surface area contributed by atoms with Crippen LogP contribution in [0.4, 0.5) is 4.39 Å². The maximum Gasteiger partial charge on any atom is 0.325 e. The van der Waals surface area contributed by atoms with Gasteiger partial charge in [0, 0.05) is 11.1 Å². The number of amides is 1. The lowest BCUT2D eigenvalue weighted by atomic mass is 10.1. The van der Waals surface area contributed by atoms with Crippen molar-refractivity contribution in [3.8, 4) is 11.5 Å². The fourth-order valence-corrected chi connectivity index (χ4v) is 2.12. The van der Waals surface area contributed by atoms with E-state index in [-0.39, 0.29) is 11.3 Å². The van der Waals surface area contributed by atoms with Gasteiger partial charge in [0.25, 0.3) is 5.91 Å². The summed E-state index contributed by atoms with van der Waals surface area (Å²) in [6.07, 6.45) is 0. The van der Waals surface area contributed by atoms with Crippen LogP contribution in [-0.4, -0.2) is 45.0 Å². The number of rotatable bonds is 8. The molecule has 8 heteroatoms. The number of ether oxygens (including phenoxy) is 3. The first-order valence-corrected chi connectivity index (χ1v) is 7.89. The summed E-state index contributed by atoms with van der Waals surface area (Å²) in [6, 6.07) is 9.98. The van der Waals surface area contributed by atoms with Crippen molar-refractivity contribution in [2.45, 2.75) is 0 Å². The Hall–Kier alpha value is -3.42. The first kappa shape index (κ1) is 19.9. The lowest BCUT2D eigenvalue weighted by Gasteiger charge is -2.08. The molecule has 0 aliphatic heterocycles. The number of benzene rings is 2. The molecule has 1 N–H and O–H groups in total. The third-order valence-electron chi connectivity index (χ3n) is 3.58. The Bertz CT molecular complexity index is 835. The van der Waals surface area contributed by atoms with Crippen molar-refractivity contribution < 1.29 is 33.0 Å². The molecule has 0 spiro atoms. The van der Waals surface area contributed by atoms with Crippen LogP contribution in [0.2, 0.25) is 0 Å². The molecule has 142 valence electrons. The molecule has 0 aliphatic rings. The van der Waals surface area contributed by atoms with E-state index in [0.29, 0.717) is 11.3 Å². The largest absolute Gasteiger partial charge is 0.497 e. The van der Waals surface area contributed by atoms with Crippen LogP contribution < -0.4 is 14.8 Å². The van der Waals surface area contributed by atoms with Gasteiger partial charge in [-0.2, -0.15) is 0 Å². The van der Waals surface area contributed by atoms with Crippen LogP contribution >= 0.6 is 0 Å². The second-order valence-electron chi connectivity index (χ2n) is 5.34. The van der Waals surface area contributed by atoms with Crippen LogP contribution in [0.25, 0.3) is 0 Å². The number of hydrogen-bond donors (Lipinski definition) is 1. The van der Waals surface area contributed by atoms with Gasteiger partial charge in [-0.25, -0.2) is 4.39 Å². The standard InChI is InChI=1S/C19H18FNO6/c1-25-14-6-3-12(4-7-14)19(24)21-10-18(23)27-11-16(22)13-5-8-17(26-2)15(20)9-13/h3-9H,10-11H2,1-2H3,(H,21,24). The van der Waals surface area contributed by atoms with E-state index in [4.69, 9.17) is 14.2 Å². The molecular formula is C19H18FNO6. The van der Waals surface area contributed by atoms with E-state index in [1.54, 1.807) is 24.3 Å². The lowest BCUT2D eigenvalue weighted by Crippen LogP contribution is -2.31. The van der Waals surface area contributed by atoms with Gasteiger partial charge >= 0.3 is 5.97 Å². The van der Waals surface area contributed by atoms with Crippen LogP contribution in [-0.2, 0) is 9.53 Å². The Labute approximate surface area is 155 Å². The predicted molar refractivity (Wildman–Crippen MR) is 93.6 cm³/mol. The van der Waals surface area contributed by atoms with Gasteiger partial charge in [-0.3, -0.25) is 14.4 Å². The molecular weight excluding hydrogens is 357 g/mol. The zero-order valence-corrected chi connectivity index (χ0v) is 14.8. The topological polar surface area (TPSA) is 90.9 Å². The minimum atomic E-state index is -0.792. The second-order valence-corrected chi connectivity index (χ2v) is 5.34. The summed E-state index contributed by atoms with van der Waals surface area (Å²) in [5, 5.41) is 2.38. The van der Waals surface area contributed by atoms with E-state index in [1.807, 2.05) is 0 Å². The predicted octanol–water partition coefficient (Wildman–Crippen LogP) is 2.00. The molecule has 0 bridgehead atoms. The second kappa shape index (κ2) is 9.33. The van der Waals surface area contributed by atoms with Gasteiger partial charge in [-0.1, -0.05) is 0 Å². The lowest BCUT2D eigenvalue weighted by molar-refractivity contribution is -0.141. The highest BCUT2D eigenvalue weighted by molar-refractivity contribution is 5.99. The molecule has 7 nitrogen and oxygen atoms in total. The fourth-order valence-electron chi connectivity index (χ4n) is 2.12. The van der Waals surface area contributed by atoms with Gasteiger partial charge < -0.3 is 19.5 Å². The summed E-state index contributed by atoms with van der Waals surface area (Å²) < 4.78 is 28.1. The molecule has 0 heterocycles. The average molecular weight is 375 g/mol. The van der Waals surface area contributed by atoms with Crippen molar-refractivity contribution in [3.63, 3.8) is 0 Å². The third kappa shape index (κ3) is 5.53. The number of esters is 1. The van der Waals surface area contributed by atoms with E-state index in [9.17, 15) is 18.8 Å². The van der Waals surface area contributed by atoms with E-state index in [0.717, 1.165) is 6.07 Å². The molecule has 2 aromatic rings. The number of halogens is 1.